The van der Waals surface area contributed by atoms with Gasteiger partial charge in [-0.25, -0.2) is 9.79 Å². The van der Waals surface area contributed by atoms with Gasteiger partial charge in [-0.05, 0) is 80.4 Å². The molecule has 9 heteroatoms. The third-order valence-corrected chi connectivity index (χ3v) is 8.98. The normalized spacial score (nSPS) is 15.0. The third-order valence-electron chi connectivity index (χ3n) is 7.76. The molecule has 0 saturated heterocycles. The molecule has 0 spiro atoms. The van der Waals surface area contributed by atoms with E-state index in [4.69, 9.17) is 26.1 Å². The number of esters is 1. The van der Waals surface area contributed by atoms with Crippen LogP contribution in [0.4, 0.5) is 0 Å². The van der Waals surface area contributed by atoms with Crippen LogP contribution in [0.5, 0.6) is 5.75 Å². The summed E-state index contributed by atoms with van der Waals surface area (Å²) in [5.41, 5.74) is 5.12. The van der Waals surface area contributed by atoms with E-state index in [1.54, 1.807) is 25.5 Å². The number of carbonyl (C=O) groups is 1. The van der Waals surface area contributed by atoms with Gasteiger partial charge in [0.1, 0.15) is 11.8 Å². The predicted molar refractivity (Wildman–Crippen MR) is 171 cm³/mol. The number of halogens is 1. The van der Waals surface area contributed by atoms with E-state index in [9.17, 15) is 9.59 Å². The van der Waals surface area contributed by atoms with E-state index in [2.05, 4.69) is 10.6 Å². The molecule has 0 radical (unpaired) electrons. The molecule has 7 nitrogen and oxygen atoms in total. The lowest BCUT2D eigenvalue weighted by atomic mass is 9.90. The van der Waals surface area contributed by atoms with Gasteiger partial charge in [0, 0.05) is 27.7 Å². The summed E-state index contributed by atoms with van der Waals surface area (Å²) in [7, 11) is 1.59. The first-order chi connectivity index (χ1) is 20.7. The lowest BCUT2D eigenvalue weighted by Crippen LogP contribution is -2.40. The first-order valence-corrected chi connectivity index (χ1v) is 15.1. The smallest absolute Gasteiger partial charge is 0.338 e. The van der Waals surface area contributed by atoms with Gasteiger partial charge in [-0.1, -0.05) is 59.3 Å². The van der Waals surface area contributed by atoms with Gasteiger partial charge in [-0.3, -0.25) is 9.36 Å². The number of thiazole rings is 1. The van der Waals surface area contributed by atoms with Crippen molar-refractivity contribution in [2.24, 2.45) is 4.99 Å². The highest BCUT2D eigenvalue weighted by Gasteiger charge is 2.36. The minimum atomic E-state index is -0.794. The number of fused-ring (bicyclic) bond motifs is 2. The van der Waals surface area contributed by atoms with E-state index in [0.29, 0.717) is 36.9 Å². The highest BCUT2D eigenvalue weighted by atomic mass is 35.5. The SMILES string of the molecule is CCOC(=O)C1=C(C)N=c2s/c(=C/c3cc(C)n(-c4cccc(Cl)c4)c3C)c(=O)n2[C@@H]1c1c(OC)ccc2ccccc12. The largest absolute Gasteiger partial charge is 0.496 e. The number of ether oxygens (including phenoxy) is 2. The summed E-state index contributed by atoms with van der Waals surface area (Å²) in [5.74, 6) is 0.0583. The molecule has 0 unspecified atom stereocenters. The van der Waals surface area contributed by atoms with Crippen molar-refractivity contribution in [3.8, 4) is 11.4 Å². The van der Waals surface area contributed by atoms with Crippen molar-refractivity contribution in [3.63, 3.8) is 0 Å². The Morgan fingerprint density at radius 1 is 1.07 bits per heavy atom. The molecule has 0 aliphatic carbocycles. The average molecular weight is 612 g/mol. The van der Waals surface area contributed by atoms with Crippen LogP contribution in [-0.2, 0) is 9.53 Å². The zero-order valence-electron chi connectivity index (χ0n) is 24.5. The minimum Gasteiger partial charge on any atom is -0.496 e. The Morgan fingerprint density at radius 3 is 2.60 bits per heavy atom. The summed E-state index contributed by atoms with van der Waals surface area (Å²) in [5, 5.41) is 2.49. The van der Waals surface area contributed by atoms with Crippen molar-refractivity contribution >= 4 is 45.8 Å². The van der Waals surface area contributed by atoms with E-state index in [-0.39, 0.29) is 12.2 Å². The van der Waals surface area contributed by atoms with Crippen molar-refractivity contribution in [3.05, 3.63) is 125 Å². The standard InChI is InChI=1S/C34H30ClN3O4S/c1-6-42-33(40)29-20(3)36-34-38(31(29)30-26-13-8-7-10-22(26)14-15-27(30)41-5)32(39)28(43-34)17-23-16-19(2)37(21(23)4)25-12-9-11-24(35)18-25/h7-18,31H,6H2,1-5H3/b28-17+/t31-/m0/s1. The Bertz CT molecular complexity index is 2140. The molecule has 0 N–H and O–H groups in total. The van der Waals surface area contributed by atoms with Crippen LogP contribution in [0.15, 0.2) is 87.8 Å². The fourth-order valence-electron chi connectivity index (χ4n) is 5.89. The molecule has 6 rings (SSSR count). The van der Waals surface area contributed by atoms with Crippen molar-refractivity contribution in [1.82, 2.24) is 9.13 Å². The quantitative estimate of drug-likeness (QED) is 0.220. The fourth-order valence-corrected chi connectivity index (χ4v) is 7.11. The first-order valence-electron chi connectivity index (χ1n) is 13.9. The van der Waals surface area contributed by atoms with E-state index < -0.39 is 12.0 Å². The second kappa shape index (κ2) is 11.4. The Morgan fingerprint density at radius 2 is 1.86 bits per heavy atom. The number of hydrogen-bond donors (Lipinski definition) is 0. The molecule has 3 aromatic carbocycles. The van der Waals surface area contributed by atoms with E-state index in [1.165, 1.54) is 11.3 Å². The minimum absolute atomic E-state index is 0.196. The lowest BCUT2D eigenvalue weighted by Gasteiger charge is -2.27. The molecule has 2 aromatic heterocycles. The Balaban J connectivity index is 1.61. The van der Waals surface area contributed by atoms with Gasteiger partial charge in [0.2, 0.25) is 0 Å². The molecule has 218 valence electrons. The van der Waals surface area contributed by atoms with Gasteiger partial charge in [0.25, 0.3) is 5.56 Å². The Hall–Kier alpha value is -4.40. The number of nitrogens with zero attached hydrogens (tertiary/aromatic N) is 3. The molecular formula is C34H30ClN3O4S. The monoisotopic (exact) mass is 611 g/mol. The molecule has 0 saturated carbocycles. The number of methoxy groups -OCH3 is 1. The molecular weight excluding hydrogens is 582 g/mol. The second-order valence-electron chi connectivity index (χ2n) is 10.3. The summed E-state index contributed by atoms with van der Waals surface area (Å²) < 4.78 is 15.6. The number of hydrogen-bond acceptors (Lipinski definition) is 6. The Labute approximate surface area is 257 Å². The van der Waals surface area contributed by atoms with Crippen LogP contribution in [0.1, 0.15) is 42.4 Å². The van der Waals surface area contributed by atoms with E-state index >= 15 is 0 Å². The first kappa shape index (κ1) is 28.7. The van der Waals surface area contributed by atoms with Crippen molar-refractivity contribution in [2.75, 3.05) is 13.7 Å². The molecule has 1 aliphatic heterocycles. The zero-order chi connectivity index (χ0) is 30.4. The molecule has 1 aliphatic rings. The number of rotatable bonds is 6. The molecule has 43 heavy (non-hydrogen) atoms. The lowest BCUT2D eigenvalue weighted by molar-refractivity contribution is -0.139. The molecule has 0 fully saturated rings. The maximum Gasteiger partial charge on any atom is 0.338 e. The number of benzene rings is 3. The zero-order valence-corrected chi connectivity index (χ0v) is 26.0. The van der Waals surface area contributed by atoms with Gasteiger partial charge in [-0.15, -0.1) is 0 Å². The van der Waals surface area contributed by atoms with Crippen molar-refractivity contribution in [1.29, 1.82) is 0 Å². The third kappa shape index (κ3) is 4.90. The second-order valence-corrected chi connectivity index (χ2v) is 11.8. The van der Waals surface area contributed by atoms with Crippen LogP contribution in [0.25, 0.3) is 22.5 Å². The van der Waals surface area contributed by atoms with Crippen molar-refractivity contribution in [2.45, 2.75) is 33.7 Å². The van der Waals surface area contributed by atoms with Crippen LogP contribution in [-0.4, -0.2) is 28.8 Å². The number of allylic oxidation sites excluding steroid dienone is 1. The van der Waals surface area contributed by atoms with Gasteiger partial charge in [-0.2, -0.15) is 0 Å². The molecule has 1 atom stereocenters. The summed E-state index contributed by atoms with van der Waals surface area (Å²) in [6.45, 7) is 7.78. The molecule has 5 aromatic rings. The predicted octanol–water partition coefficient (Wildman–Crippen LogP) is 6.02. The fraction of sp³-hybridized carbons (Fsp3) is 0.206. The average Bonchev–Trinajstić information content (AvgIpc) is 3.45. The van der Waals surface area contributed by atoms with Gasteiger partial charge < -0.3 is 14.0 Å². The maximum atomic E-state index is 14.3. The number of carbonyl (C=O) groups excluding carboxylic acids is 1. The van der Waals surface area contributed by atoms with E-state index in [0.717, 1.165) is 33.4 Å². The summed E-state index contributed by atoms with van der Waals surface area (Å²) in [6, 6.07) is 20.6. The number of aryl methyl sites for hydroxylation is 1. The molecule has 0 bridgehead atoms. The molecule has 3 heterocycles. The summed E-state index contributed by atoms with van der Waals surface area (Å²) >= 11 is 7.58. The van der Waals surface area contributed by atoms with Gasteiger partial charge in [0.15, 0.2) is 4.80 Å². The van der Waals surface area contributed by atoms with Gasteiger partial charge in [0.05, 0.1) is 29.5 Å². The summed E-state index contributed by atoms with van der Waals surface area (Å²) in [6.07, 6.45) is 1.90. The van der Waals surface area contributed by atoms with Crippen LogP contribution >= 0.6 is 22.9 Å². The topological polar surface area (TPSA) is 74.8 Å². The highest BCUT2D eigenvalue weighted by molar-refractivity contribution is 7.07. The van der Waals surface area contributed by atoms with Crippen LogP contribution in [0, 0.1) is 13.8 Å². The van der Waals surface area contributed by atoms with Crippen molar-refractivity contribution < 1.29 is 14.3 Å². The summed E-state index contributed by atoms with van der Waals surface area (Å²) in [4.78, 5) is 33.1. The van der Waals surface area contributed by atoms with E-state index in [1.807, 2.05) is 80.6 Å². The van der Waals surface area contributed by atoms with Gasteiger partial charge >= 0.3 is 5.97 Å². The maximum absolute atomic E-state index is 14.3. The Kier molecular flexibility index (Phi) is 7.58. The number of aromatic nitrogens is 2. The van der Waals surface area contributed by atoms with Crippen LogP contribution in [0.3, 0.4) is 0 Å². The van der Waals surface area contributed by atoms with Crippen LogP contribution in [0.2, 0.25) is 5.02 Å². The molecule has 0 amide bonds. The van der Waals surface area contributed by atoms with Crippen LogP contribution < -0.4 is 19.6 Å². The highest BCUT2D eigenvalue weighted by Crippen LogP contribution is 2.40.